The van der Waals surface area contributed by atoms with E-state index in [-0.39, 0.29) is 17.9 Å². The number of carbonyl (C=O) groups is 3. The summed E-state index contributed by atoms with van der Waals surface area (Å²) in [4.78, 5) is 47.8. The van der Waals surface area contributed by atoms with E-state index in [0.717, 1.165) is 5.82 Å². The number of pyridine rings is 1. The molecule has 1 aromatic rings. The third-order valence-corrected chi connectivity index (χ3v) is 5.13. The number of aromatic nitrogens is 1. The van der Waals surface area contributed by atoms with E-state index in [4.69, 9.17) is 4.74 Å². The summed E-state index contributed by atoms with van der Waals surface area (Å²) in [6.07, 6.45) is 1.32. The lowest BCUT2D eigenvalue weighted by Gasteiger charge is -2.35. The molecule has 2 aliphatic heterocycles. The van der Waals surface area contributed by atoms with E-state index in [0.29, 0.717) is 64.5 Å². The van der Waals surface area contributed by atoms with Gasteiger partial charge in [-0.05, 0) is 19.1 Å². The summed E-state index contributed by atoms with van der Waals surface area (Å²) in [5.74, 6) is 0.771. The molecule has 0 bridgehead atoms. The summed E-state index contributed by atoms with van der Waals surface area (Å²) in [7, 11) is 0. The maximum absolute atomic E-state index is 12.9. The van der Waals surface area contributed by atoms with Gasteiger partial charge in [-0.25, -0.2) is 9.78 Å². The van der Waals surface area contributed by atoms with Gasteiger partial charge < -0.3 is 24.3 Å². The molecular formula is C19H27N5O4. The molecule has 9 nitrogen and oxygen atoms in total. The molecule has 3 rings (SSSR count). The molecule has 2 fully saturated rings. The van der Waals surface area contributed by atoms with Gasteiger partial charge in [-0.2, -0.15) is 0 Å². The minimum absolute atomic E-state index is 0.0606. The second-order valence-electron chi connectivity index (χ2n) is 6.87. The fourth-order valence-corrected chi connectivity index (χ4v) is 3.46. The first kappa shape index (κ1) is 19.9. The van der Waals surface area contributed by atoms with Gasteiger partial charge in [-0.3, -0.25) is 9.59 Å². The summed E-state index contributed by atoms with van der Waals surface area (Å²) in [5, 5.41) is 0. The first-order valence-corrected chi connectivity index (χ1v) is 9.67. The minimum Gasteiger partial charge on any atom is -0.450 e. The average Bonchev–Trinajstić information content (AvgIpc) is 2.73. The van der Waals surface area contributed by atoms with Gasteiger partial charge in [-0.15, -0.1) is 0 Å². The quantitative estimate of drug-likeness (QED) is 0.755. The van der Waals surface area contributed by atoms with Crippen molar-refractivity contribution in [3.05, 3.63) is 23.9 Å². The van der Waals surface area contributed by atoms with Crippen LogP contribution in [0.1, 0.15) is 24.2 Å². The van der Waals surface area contributed by atoms with E-state index in [1.54, 1.807) is 35.9 Å². The van der Waals surface area contributed by atoms with Crippen molar-refractivity contribution in [2.75, 3.05) is 63.9 Å². The monoisotopic (exact) mass is 389 g/mol. The van der Waals surface area contributed by atoms with Crippen LogP contribution in [0.5, 0.6) is 0 Å². The van der Waals surface area contributed by atoms with Gasteiger partial charge in [0.15, 0.2) is 0 Å². The van der Waals surface area contributed by atoms with E-state index >= 15 is 0 Å². The third kappa shape index (κ3) is 4.52. The molecule has 0 atom stereocenters. The molecule has 0 N–H and O–H groups in total. The molecule has 0 unspecified atom stereocenters. The Hall–Kier alpha value is -2.84. The Balaban J connectivity index is 1.59. The average molecular weight is 389 g/mol. The van der Waals surface area contributed by atoms with E-state index in [1.807, 2.05) is 11.0 Å². The van der Waals surface area contributed by atoms with Crippen molar-refractivity contribution in [2.24, 2.45) is 0 Å². The molecule has 1 aromatic heterocycles. The SMILES string of the molecule is CCOC(=O)N1CCN(C(=O)c2ccnc(N3CCN(C(C)=O)CC3)c2)CC1. The summed E-state index contributed by atoms with van der Waals surface area (Å²) in [5.41, 5.74) is 0.587. The van der Waals surface area contributed by atoms with Crippen LogP contribution in [0.2, 0.25) is 0 Å². The van der Waals surface area contributed by atoms with Crippen LogP contribution >= 0.6 is 0 Å². The highest BCUT2D eigenvalue weighted by Gasteiger charge is 2.26. The molecule has 3 heterocycles. The molecule has 9 heteroatoms. The fraction of sp³-hybridized carbons (Fsp3) is 0.579. The molecule has 0 saturated carbocycles. The van der Waals surface area contributed by atoms with Crippen LogP contribution in [0.4, 0.5) is 10.6 Å². The van der Waals surface area contributed by atoms with Crippen molar-refractivity contribution >= 4 is 23.7 Å². The Kier molecular flexibility index (Phi) is 6.33. The lowest BCUT2D eigenvalue weighted by Crippen LogP contribution is -2.50. The van der Waals surface area contributed by atoms with Gasteiger partial charge in [0, 0.05) is 71.0 Å². The number of hydrogen-bond acceptors (Lipinski definition) is 6. The zero-order chi connectivity index (χ0) is 20.1. The molecule has 28 heavy (non-hydrogen) atoms. The smallest absolute Gasteiger partial charge is 0.409 e. The molecule has 0 aromatic carbocycles. The number of nitrogens with zero attached hydrogens (tertiary/aromatic N) is 5. The van der Waals surface area contributed by atoms with Crippen molar-refractivity contribution in [3.63, 3.8) is 0 Å². The number of rotatable bonds is 3. The normalized spacial score (nSPS) is 17.5. The Morgan fingerprint density at radius 2 is 1.57 bits per heavy atom. The Morgan fingerprint density at radius 1 is 0.964 bits per heavy atom. The van der Waals surface area contributed by atoms with Crippen LogP contribution in [0.15, 0.2) is 18.3 Å². The van der Waals surface area contributed by atoms with Crippen molar-refractivity contribution in [2.45, 2.75) is 13.8 Å². The number of carbonyl (C=O) groups excluding carboxylic acids is 3. The van der Waals surface area contributed by atoms with Gasteiger partial charge in [-0.1, -0.05) is 0 Å². The van der Waals surface area contributed by atoms with Crippen molar-refractivity contribution < 1.29 is 19.1 Å². The predicted molar refractivity (Wildman–Crippen MR) is 103 cm³/mol. The first-order valence-electron chi connectivity index (χ1n) is 9.67. The zero-order valence-corrected chi connectivity index (χ0v) is 16.5. The van der Waals surface area contributed by atoms with Crippen molar-refractivity contribution in [1.29, 1.82) is 0 Å². The molecule has 2 saturated heterocycles. The number of ether oxygens (including phenoxy) is 1. The molecule has 2 aliphatic rings. The molecular weight excluding hydrogens is 362 g/mol. The number of anilines is 1. The number of hydrogen-bond donors (Lipinski definition) is 0. The fourth-order valence-electron chi connectivity index (χ4n) is 3.46. The van der Waals surface area contributed by atoms with Crippen LogP contribution in [0.3, 0.4) is 0 Å². The van der Waals surface area contributed by atoms with Crippen LogP contribution < -0.4 is 4.90 Å². The second kappa shape index (κ2) is 8.90. The standard InChI is InChI=1S/C19H27N5O4/c1-3-28-19(27)24-12-10-23(11-13-24)18(26)16-4-5-20-17(14-16)22-8-6-21(7-9-22)15(2)25/h4-5,14H,3,6-13H2,1-2H3. The molecule has 0 aliphatic carbocycles. The predicted octanol–water partition coefficient (Wildman–Crippen LogP) is 0.664. The van der Waals surface area contributed by atoms with E-state index in [2.05, 4.69) is 9.88 Å². The number of amides is 3. The summed E-state index contributed by atoms with van der Waals surface area (Å²) in [6, 6.07) is 3.53. The molecule has 3 amide bonds. The van der Waals surface area contributed by atoms with E-state index in [9.17, 15) is 14.4 Å². The van der Waals surface area contributed by atoms with Crippen LogP contribution in [-0.4, -0.2) is 96.6 Å². The second-order valence-corrected chi connectivity index (χ2v) is 6.87. The first-order chi connectivity index (χ1) is 13.5. The molecule has 0 spiro atoms. The Bertz CT molecular complexity index is 725. The van der Waals surface area contributed by atoms with Crippen LogP contribution in [0.25, 0.3) is 0 Å². The van der Waals surface area contributed by atoms with Gasteiger partial charge >= 0.3 is 6.09 Å². The maximum Gasteiger partial charge on any atom is 0.409 e. The maximum atomic E-state index is 12.9. The highest BCUT2D eigenvalue weighted by atomic mass is 16.6. The summed E-state index contributed by atoms with van der Waals surface area (Å²) >= 11 is 0. The van der Waals surface area contributed by atoms with E-state index in [1.165, 1.54) is 0 Å². The minimum atomic E-state index is -0.328. The Labute approximate surface area is 164 Å². The summed E-state index contributed by atoms with van der Waals surface area (Å²) in [6.45, 7) is 8.30. The Morgan fingerprint density at radius 3 is 2.18 bits per heavy atom. The largest absolute Gasteiger partial charge is 0.450 e. The third-order valence-electron chi connectivity index (χ3n) is 5.13. The van der Waals surface area contributed by atoms with Gasteiger partial charge in [0.25, 0.3) is 5.91 Å². The number of piperazine rings is 2. The molecule has 152 valence electrons. The lowest BCUT2D eigenvalue weighted by molar-refractivity contribution is -0.129. The highest BCUT2D eigenvalue weighted by molar-refractivity contribution is 5.95. The van der Waals surface area contributed by atoms with Crippen molar-refractivity contribution in [3.8, 4) is 0 Å². The highest BCUT2D eigenvalue weighted by Crippen LogP contribution is 2.17. The van der Waals surface area contributed by atoms with Crippen LogP contribution in [0, 0.1) is 0 Å². The summed E-state index contributed by atoms with van der Waals surface area (Å²) < 4.78 is 5.01. The lowest BCUT2D eigenvalue weighted by atomic mass is 10.2. The van der Waals surface area contributed by atoms with Gasteiger partial charge in [0.05, 0.1) is 6.61 Å². The topological polar surface area (TPSA) is 86.3 Å². The van der Waals surface area contributed by atoms with Crippen molar-refractivity contribution in [1.82, 2.24) is 19.7 Å². The molecule has 0 radical (unpaired) electrons. The van der Waals surface area contributed by atoms with Crippen LogP contribution in [-0.2, 0) is 9.53 Å². The zero-order valence-electron chi connectivity index (χ0n) is 16.5. The van der Waals surface area contributed by atoms with Gasteiger partial charge in [0.1, 0.15) is 5.82 Å². The van der Waals surface area contributed by atoms with Gasteiger partial charge in [0.2, 0.25) is 5.91 Å². The van der Waals surface area contributed by atoms with E-state index < -0.39 is 0 Å².